The van der Waals surface area contributed by atoms with Gasteiger partial charge in [-0.3, -0.25) is 4.99 Å². The van der Waals surface area contributed by atoms with Gasteiger partial charge >= 0.3 is 0 Å². The van der Waals surface area contributed by atoms with Gasteiger partial charge in [-0.1, -0.05) is 0 Å². The molecule has 0 aromatic heterocycles. The van der Waals surface area contributed by atoms with E-state index in [4.69, 9.17) is 19.2 Å². The van der Waals surface area contributed by atoms with E-state index >= 15 is 0 Å². The molecular formula is C20H31N3O4. The first-order valence-electron chi connectivity index (χ1n) is 9.62. The Balaban J connectivity index is 1.71. The third kappa shape index (κ3) is 4.47. The van der Waals surface area contributed by atoms with Crippen molar-refractivity contribution in [3.63, 3.8) is 0 Å². The summed E-state index contributed by atoms with van der Waals surface area (Å²) in [5.41, 5.74) is 0.948. The van der Waals surface area contributed by atoms with Crippen LogP contribution in [0.1, 0.15) is 31.4 Å². The van der Waals surface area contributed by atoms with Crippen LogP contribution in [0.4, 0.5) is 0 Å². The van der Waals surface area contributed by atoms with Gasteiger partial charge in [-0.05, 0) is 38.0 Å². The highest BCUT2D eigenvalue weighted by Crippen LogP contribution is 2.38. The number of aliphatic imine (C=N–C) groups is 1. The molecule has 0 bridgehead atoms. The van der Waals surface area contributed by atoms with Crippen molar-refractivity contribution in [2.24, 2.45) is 10.4 Å². The van der Waals surface area contributed by atoms with E-state index in [0.29, 0.717) is 17.1 Å². The van der Waals surface area contributed by atoms with Gasteiger partial charge in [0.2, 0.25) is 0 Å². The van der Waals surface area contributed by atoms with Crippen molar-refractivity contribution >= 4 is 5.96 Å². The maximum Gasteiger partial charge on any atom is 0.194 e. The minimum absolute atomic E-state index is 0.256. The molecule has 7 heteroatoms. The number of rotatable bonds is 6. The molecule has 2 fully saturated rings. The second kappa shape index (κ2) is 8.80. The van der Waals surface area contributed by atoms with Crippen molar-refractivity contribution in [1.29, 1.82) is 0 Å². The third-order valence-electron chi connectivity index (χ3n) is 5.47. The molecule has 0 aliphatic carbocycles. The number of nitrogens with zero attached hydrogens (tertiary/aromatic N) is 2. The molecule has 2 heterocycles. The smallest absolute Gasteiger partial charge is 0.194 e. The van der Waals surface area contributed by atoms with Crippen LogP contribution in [0.3, 0.4) is 0 Å². The molecule has 1 aromatic carbocycles. The zero-order valence-corrected chi connectivity index (χ0v) is 16.5. The van der Waals surface area contributed by atoms with Crippen molar-refractivity contribution in [2.45, 2.75) is 25.9 Å². The van der Waals surface area contributed by atoms with Gasteiger partial charge in [-0.15, -0.1) is 0 Å². The van der Waals surface area contributed by atoms with E-state index in [2.05, 4.69) is 17.1 Å². The lowest BCUT2D eigenvalue weighted by atomic mass is 9.87. The number of hydrogen-bond acceptors (Lipinski definition) is 5. The van der Waals surface area contributed by atoms with Crippen LogP contribution in [-0.4, -0.2) is 69.6 Å². The van der Waals surface area contributed by atoms with Gasteiger partial charge in [-0.25, -0.2) is 0 Å². The van der Waals surface area contributed by atoms with E-state index in [1.165, 1.54) is 0 Å². The molecular weight excluding hydrogens is 346 g/mol. The lowest BCUT2D eigenvalue weighted by molar-refractivity contribution is 0.156. The summed E-state index contributed by atoms with van der Waals surface area (Å²) in [5, 5.41) is 14.1. The molecule has 3 rings (SSSR count). The Morgan fingerprint density at radius 3 is 2.89 bits per heavy atom. The summed E-state index contributed by atoms with van der Waals surface area (Å²) in [4.78, 5) is 6.99. The van der Waals surface area contributed by atoms with Crippen molar-refractivity contribution < 1.29 is 19.3 Å². The number of methoxy groups -OCH3 is 2. The third-order valence-corrected chi connectivity index (χ3v) is 5.47. The van der Waals surface area contributed by atoms with E-state index < -0.39 is 6.10 Å². The Bertz CT molecular complexity index is 659. The molecule has 2 aliphatic heterocycles. The van der Waals surface area contributed by atoms with Crippen LogP contribution in [0, 0.1) is 5.41 Å². The molecule has 0 radical (unpaired) electrons. The van der Waals surface area contributed by atoms with Gasteiger partial charge in [0.15, 0.2) is 5.96 Å². The van der Waals surface area contributed by atoms with Crippen LogP contribution in [0.2, 0.25) is 0 Å². The van der Waals surface area contributed by atoms with Gasteiger partial charge in [0.1, 0.15) is 17.6 Å². The Hall–Kier alpha value is -1.99. The van der Waals surface area contributed by atoms with Crippen LogP contribution in [0.15, 0.2) is 23.2 Å². The molecule has 2 atom stereocenters. The molecule has 2 unspecified atom stereocenters. The van der Waals surface area contributed by atoms with E-state index in [1.807, 2.05) is 6.07 Å². The fourth-order valence-corrected chi connectivity index (χ4v) is 3.88. The van der Waals surface area contributed by atoms with Gasteiger partial charge in [0, 0.05) is 37.2 Å². The number of nitrogens with one attached hydrogen (secondary N) is 1. The zero-order chi connectivity index (χ0) is 19.3. The second-order valence-corrected chi connectivity index (χ2v) is 7.29. The summed E-state index contributed by atoms with van der Waals surface area (Å²) in [7, 11) is 3.20. The van der Waals surface area contributed by atoms with E-state index in [0.717, 1.165) is 51.6 Å². The Kier molecular flexibility index (Phi) is 6.44. The van der Waals surface area contributed by atoms with Crippen molar-refractivity contribution in [1.82, 2.24) is 10.2 Å². The number of likely N-dealkylation sites (tertiary alicyclic amines) is 1. The topological polar surface area (TPSA) is 75.6 Å². The fraction of sp³-hybridized carbons (Fsp3) is 0.650. The Morgan fingerprint density at radius 1 is 1.37 bits per heavy atom. The lowest BCUT2D eigenvalue weighted by Gasteiger charge is -2.25. The molecule has 2 N–H and O–H groups in total. The predicted octanol–water partition coefficient (Wildman–Crippen LogP) is 1.82. The average Bonchev–Trinajstić information content (AvgIpc) is 3.34. The second-order valence-electron chi connectivity index (χ2n) is 7.29. The number of hydrogen-bond donors (Lipinski definition) is 2. The summed E-state index contributed by atoms with van der Waals surface area (Å²) in [6.45, 7) is 6.72. The van der Waals surface area contributed by atoms with E-state index in [9.17, 15) is 5.11 Å². The molecule has 2 saturated heterocycles. The molecule has 0 saturated carbocycles. The standard InChI is InChI=1S/C20H31N3O4/c1-4-21-19(23-9-7-20(13-23)8-10-27-14-20)22-12-17(24)16-11-15(25-2)5-6-18(16)26-3/h5-6,11,17,24H,4,7-10,12-14H2,1-3H3,(H,21,22). The van der Waals surface area contributed by atoms with Gasteiger partial charge < -0.3 is 29.5 Å². The summed E-state index contributed by atoms with van der Waals surface area (Å²) in [5.74, 6) is 2.16. The van der Waals surface area contributed by atoms with Gasteiger partial charge in [0.25, 0.3) is 0 Å². The summed E-state index contributed by atoms with van der Waals surface area (Å²) >= 11 is 0. The number of aliphatic hydroxyl groups is 1. The van der Waals surface area contributed by atoms with Crippen molar-refractivity contribution in [3.8, 4) is 11.5 Å². The Labute approximate surface area is 161 Å². The molecule has 7 nitrogen and oxygen atoms in total. The van der Waals surface area contributed by atoms with Crippen LogP contribution >= 0.6 is 0 Å². The lowest BCUT2D eigenvalue weighted by Crippen LogP contribution is -2.41. The number of benzene rings is 1. The number of ether oxygens (including phenoxy) is 3. The van der Waals surface area contributed by atoms with Crippen molar-refractivity contribution in [2.75, 3.05) is 53.6 Å². The van der Waals surface area contributed by atoms with Crippen molar-refractivity contribution in [3.05, 3.63) is 23.8 Å². The molecule has 1 aromatic rings. The monoisotopic (exact) mass is 377 g/mol. The first kappa shape index (κ1) is 19.8. The Morgan fingerprint density at radius 2 is 2.22 bits per heavy atom. The number of guanidine groups is 1. The highest BCUT2D eigenvalue weighted by Gasteiger charge is 2.42. The maximum atomic E-state index is 10.7. The van der Waals surface area contributed by atoms with E-state index in [1.54, 1.807) is 26.4 Å². The van der Waals surface area contributed by atoms with E-state index in [-0.39, 0.29) is 12.0 Å². The number of aliphatic hydroxyl groups excluding tert-OH is 1. The van der Waals surface area contributed by atoms with Crippen LogP contribution in [0.5, 0.6) is 11.5 Å². The van der Waals surface area contributed by atoms with Gasteiger partial charge in [0.05, 0.1) is 27.4 Å². The predicted molar refractivity (Wildman–Crippen MR) is 105 cm³/mol. The minimum Gasteiger partial charge on any atom is -0.497 e. The summed E-state index contributed by atoms with van der Waals surface area (Å²) < 4.78 is 16.3. The molecule has 27 heavy (non-hydrogen) atoms. The molecule has 1 spiro atoms. The van der Waals surface area contributed by atoms with Crippen LogP contribution in [0.25, 0.3) is 0 Å². The highest BCUT2D eigenvalue weighted by atomic mass is 16.5. The maximum absolute atomic E-state index is 10.7. The normalized spacial score (nSPS) is 23.7. The quantitative estimate of drug-likeness (QED) is 0.582. The average molecular weight is 377 g/mol. The SMILES string of the molecule is CCNC(=NCC(O)c1cc(OC)ccc1OC)N1CCC2(CCOC2)C1. The van der Waals surface area contributed by atoms with Crippen LogP contribution in [-0.2, 0) is 4.74 Å². The molecule has 0 amide bonds. The fourth-order valence-electron chi connectivity index (χ4n) is 3.88. The highest BCUT2D eigenvalue weighted by molar-refractivity contribution is 5.80. The molecule has 2 aliphatic rings. The largest absolute Gasteiger partial charge is 0.497 e. The molecule has 150 valence electrons. The van der Waals surface area contributed by atoms with Crippen LogP contribution < -0.4 is 14.8 Å². The summed E-state index contributed by atoms with van der Waals surface area (Å²) in [6, 6.07) is 5.42. The first-order valence-corrected chi connectivity index (χ1v) is 9.62. The zero-order valence-electron chi connectivity index (χ0n) is 16.5. The summed E-state index contributed by atoms with van der Waals surface area (Å²) in [6.07, 6.45) is 1.48. The first-order chi connectivity index (χ1) is 13.1. The minimum atomic E-state index is -0.768. The van der Waals surface area contributed by atoms with Gasteiger partial charge in [-0.2, -0.15) is 0 Å².